The second-order valence-corrected chi connectivity index (χ2v) is 6.26. The number of carbonyl (C=O) groups excluding carboxylic acids is 1. The third kappa shape index (κ3) is 3.48. The fourth-order valence-corrected chi connectivity index (χ4v) is 3.39. The van der Waals surface area contributed by atoms with E-state index in [-0.39, 0.29) is 24.8 Å². The topological polar surface area (TPSA) is 70.0 Å². The third-order valence-corrected chi connectivity index (χ3v) is 4.67. The maximum atomic E-state index is 12.4. The molecule has 1 aliphatic rings. The number of amides is 1. The Morgan fingerprint density at radius 1 is 1.17 bits per heavy atom. The molecule has 6 heteroatoms. The van der Waals surface area contributed by atoms with Crippen LogP contribution in [-0.4, -0.2) is 27.7 Å². The second kappa shape index (κ2) is 6.75. The van der Waals surface area contributed by atoms with Crippen LogP contribution in [0.25, 0.3) is 0 Å². The smallest absolute Gasteiger partial charge is 0.303 e. The lowest BCUT2D eigenvalue weighted by atomic mass is 10.0. The second-order valence-electron chi connectivity index (χ2n) is 5.28. The monoisotopic (exact) mass is 328 g/mol. The van der Waals surface area contributed by atoms with E-state index in [1.807, 2.05) is 47.8 Å². The number of carboxylic acid groups (broad SMARTS) is 1. The van der Waals surface area contributed by atoms with E-state index < -0.39 is 5.97 Å². The summed E-state index contributed by atoms with van der Waals surface area (Å²) in [6.07, 6.45) is 0.425. The Labute approximate surface area is 137 Å². The van der Waals surface area contributed by atoms with Crippen molar-refractivity contribution in [3.8, 4) is 0 Å². The number of hydrogen-bond donors (Lipinski definition) is 1. The van der Waals surface area contributed by atoms with Crippen molar-refractivity contribution in [1.82, 2.24) is 5.01 Å². The molecule has 0 fully saturated rings. The van der Waals surface area contributed by atoms with Gasteiger partial charge in [-0.2, -0.15) is 5.10 Å². The van der Waals surface area contributed by atoms with Crippen LogP contribution >= 0.6 is 11.3 Å². The SMILES string of the molecule is O=C(O)CCC(=O)N1N=C(c2ccccc2)C[C@@H]1c1cccs1. The average molecular weight is 328 g/mol. The van der Waals surface area contributed by atoms with E-state index in [9.17, 15) is 9.59 Å². The van der Waals surface area contributed by atoms with Gasteiger partial charge in [0.2, 0.25) is 5.91 Å². The fraction of sp³-hybridized carbons (Fsp3) is 0.235. The lowest BCUT2D eigenvalue weighted by molar-refractivity contribution is -0.141. The molecule has 0 saturated heterocycles. The number of hydrazone groups is 1. The first-order chi connectivity index (χ1) is 11.1. The van der Waals surface area contributed by atoms with Crippen molar-refractivity contribution < 1.29 is 14.7 Å². The van der Waals surface area contributed by atoms with Gasteiger partial charge in [0.05, 0.1) is 18.2 Å². The van der Waals surface area contributed by atoms with Crippen LogP contribution in [0.5, 0.6) is 0 Å². The van der Waals surface area contributed by atoms with Gasteiger partial charge in [0.15, 0.2) is 0 Å². The van der Waals surface area contributed by atoms with E-state index >= 15 is 0 Å². The summed E-state index contributed by atoms with van der Waals surface area (Å²) in [6, 6.07) is 13.5. The first-order valence-corrected chi connectivity index (χ1v) is 8.23. The van der Waals surface area contributed by atoms with Crippen molar-refractivity contribution in [2.24, 2.45) is 5.10 Å². The van der Waals surface area contributed by atoms with Gasteiger partial charge >= 0.3 is 5.97 Å². The zero-order valence-electron chi connectivity index (χ0n) is 12.4. The van der Waals surface area contributed by atoms with E-state index in [1.54, 1.807) is 11.3 Å². The molecule has 1 aromatic heterocycles. The molecule has 1 amide bonds. The maximum absolute atomic E-state index is 12.4. The predicted octanol–water partition coefficient (Wildman–Crippen LogP) is 3.29. The van der Waals surface area contributed by atoms with Gasteiger partial charge in [-0.1, -0.05) is 36.4 Å². The molecule has 5 nitrogen and oxygen atoms in total. The summed E-state index contributed by atoms with van der Waals surface area (Å²) < 4.78 is 0. The molecule has 2 heterocycles. The van der Waals surface area contributed by atoms with Gasteiger partial charge in [-0.25, -0.2) is 5.01 Å². The Hall–Kier alpha value is -2.47. The summed E-state index contributed by atoms with van der Waals surface area (Å²) in [5.41, 5.74) is 1.84. The highest BCUT2D eigenvalue weighted by Crippen LogP contribution is 2.35. The van der Waals surface area contributed by atoms with Crippen molar-refractivity contribution in [2.75, 3.05) is 0 Å². The standard InChI is InChI=1S/C17H16N2O3S/c20-16(8-9-17(21)22)19-14(15-7-4-10-23-15)11-13(18-19)12-5-2-1-3-6-12/h1-7,10,14H,8-9,11H2,(H,21,22)/t14-/m1/s1. The molecular weight excluding hydrogens is 312 g/mol. The molecule has 0 aliphatic carbocycles. The zero-order valence-corrected chi connectivity index (χ0v) is 13.2. The van der Waals surface area contributed by atoms with Gasteiger partial charge in [-0.05, 0) is 17.0 Å². The maximum Gasteiger partial charge on any atom is 0.303 e. The average Bonchev–Trinajstić information content (AvgIpc) is 3.22. The Bertz CT molecular complexity index is 726. The summed E-state index contributed by atoms with van der Waals surface area (Å²) in [5, 5.41) is 16.7. The molecule has 2 aromatic rings. The first kappa shape index (κ1) is 15.4. The van der Waals surface area contributed by atoms with Crippen LogP contribution in [0, 0.1) is 0 Å². The Balaban J connectivity index is 1.86. The van der Waals surface area contributed by atoms with Gasteiger partial charge in [0.25, 0.3) is 0 Å². The number of rotatable bonds is 5. The molecular formula is C17H16N2O3S. The summed E-state index contributed by atoms with van der Waals surface area (Å²) in [4.78, 5) is 24.2. The minimum Gasteiger partial charge on any atom is -0.481 e. The van der Waals surface area contributed by atoms with Gasteiger partial charge in [-0.3, -0.25) is 9.59 Å². The normalized spacial score (nSPS) is 17.1. The molecule has 0 saturated carbocycles. The molecule has 1 N–H and O–H groups in total. The number of carboxylic acids is 1. The van der Waals surface area contributed by atoms with Crippen LogP contribution in [0.2, 0.25) is 0 Å². The molecule has 0 radical (unpaired) electrons. The van der Waals surface area contributed by atoms with Crippen molar-refractivity contribution in [3.05, 3.63) is 58.3 Å². The van der Waals surface area contributed by atoms with Crippen molar-refractivity contribution >= 4 is 28.9 Å². The minimum absolute atomic E-state index is 0.0389. The quantitative estimate of drug-likeness (QED) is 0.915. The zero-order chi connectivity index (χ0) is 16.2. The number of hydrogen-bond acceptors (Lipinski definition) is 4. The number of aliphatic carboxylic acids is 1. The summed E-state index contributed by atoms with van der Waals surface area (Å²) >= 11 is 1.58. The van der Waals surface area contributed by atoms with Crippen molar-refractivity contribution in [2.45, 2.75) is 25.3 Å². The number of thiophene rings is 1. The third-order valence-electron chi connectivity index (χ3n) is 3.70. The molecule has 1 aliphatic heterocycles. The molecule has 118 valence electrons. The molecule has 3 rings (SSSR count). The van der Waals surface area contributed by atoms with Gasteiger partial charge in [0.1, 0.15) is 0 Å². The van der Waals surface area contributed by atoms with E-state index in [1.165, 1.54) is 5.01 Å². The highest BCUT2D eigenvalue weighted by Gasteiger charge is 2.33. The van der Waals surface area contributed by atoms with Crippen LogP contribution in [0.3, 0.4) is 0 Å². The summed E-state index contributed by atoms with van der Waals surface area (Å²) in [6.45, 7) is 0. The van der Waals surface area contributed by atoms with Crippen LogP contribution in [0.1, 0.15) is 35.7 Å². The molecule has 0 unspecified atom stereocenters. The fourth-order valence-electron chi connectivity index (χ4n) is 2.58. The Morgan fingerprint density at radius 2 is 1.96 bits per heavy atom. The summed E-state index contributed by atoms with van der Waals surface area (Å²) in [5.74, 6) is -1.23. The molecule has 1 atom stereocenters. The first-order valence-electron chi connectivity index (χ1n) is 7.35. The Kier molecular flexibility index (Phi) is 4.52. The highest BCUT2D eigenvalue weighted by atomic mass is 32.1. The number of benzene rings is 1. The summed E-state index contributed by atoms with van der Waals surface area (Å²) in [7, 11) is 0. The van der Waals surface area contributed by atoms with E-state index in [2.05, 4.69) is 5.10 Å². The molecule has 1 aromatic carbocycles. The van der Waals surface area contributed by atoms with E-state index in [0.717, 1.165) is 16.2 Å². The number of carbonyl (C=O) groups is 2. The highest BCUT2D eigenvalue weighted by molar-refractivity contribution is 7.10. The van der Waals surface area contributed by atoms with E-state index in [4.69, 9.17) is 5.11 Å². The molecule has 0 spiro atoms. The lowest BCUT2D eigenvalue weighted by Gasteiger charge is -2.20. The van der Waals surface area contributed by atoms with E-state index in [0.29, 0.717) is 6.42 Å². The minimum atomic E-state index is -0.975. The Morgan fingerprint density at radius 3 is 2.61 bits per heavy atom. The van der Waals surface area contributed by atoms with Gasteiger partial charge in [-0.15, -0.1) is 11.3 Å². The van der Waals surface area contributed by atoms with Crippen LogP contribution in [0.15, 0.2) is 52.9 Å². The van der Waals surface area contributed by atoms with Crippen LogP contribution < -0.4 is 0 Å². The van der Waals surface area contributed by atoms with Crippen molar-refractivity contribution in [1.29, 1.82) is 0 Å². The van der Waals surface area contributed by atoms with Crippen LogP contribution in [0.4, 0.5) is 0 Å². The van der Waals surface area contributed by atoms with Gasteiger partial charge < -0.3 is 5.11 Å². The number of nitrogens with zero attached hydrogens (tertiary/aromatic N) is 2. The lowest BCUT2D eigenvalue weighted by Crippen LogP contribution is -2.26. The van der Waals surface area contributed by atoms with Crippen molar-refractivity contribution in [3.63, 3.8) is 0 Å². The molecule has 23 heavy (non-hydrogen) atoms. The molecule has 0 bridgehead atoms. The predicted molar refractivity (Wildman–Crippen MR) is 88.4 cm³/mol. The van der Waals surface area contributed by atoms with Crippen LogP contribution in [-0.2, 0) is 9.59 Å². The van der Waals surface area contributed by atoms with Gasteiger partial charge in [0, 0.05) is 17.7 Å². The largest absolute Gasteiger partial charge is 0.481 e.